The van der Waals surface area contributed by atoms with Crippen LogP contribution in [0.2, 0.25) is 0 Å². The van der Waals surface area contributed by atoms with Crippen molar-refractivity contribution < 1.29 is 4.74 Å². The molecule has 7 aromatic rings. The lowest BCUT2D eigenvalue weighted by Gasteiger charge is -2.25. The van der Waals surface area contributed by atoms with Crippen LogP contribution in [0, 0.1) is 6.92 Å². The largest absolute Gasteiger partial charge is 0.380 e. The standard InChI is InChI=1S/C41H33BO/c1-29-15-17-33(18-16-29)40(28-43-2)41(37-20-19-30-9-3-6-12-34(30)25-37)42(38-23-21-31-10-4-7-13-35(31)26-38)39-24-22-32-11-5-8-14-36(32)27-39/h3-27H,28H2,1-2H3/b41-40+. The van der Waals surface area contributed by atoms with E-state index in [1.54, 1.807) is 7.11 Å². The van der Waals surface area contributed by atoms with Crippen LogP contribution in [0.3, 0.4) is 0 Å². The molecule has 0 radical (unpaired) electrons. The summed E-state index contributed by atoms with van der Waals surface area (Å²) in [6, 6.07) is 55.5. The van der Waals surface area contributed by atoms with Gasteiger partial charge in [-0.1, -0.05) is 168 Å². The van der Waals surface area contributed by atoms with Gasteiger partial charge < -0.3 is 4.74 Å². The van der Waals surface area contributed by atoms with Crippen LogP contribution in [0.1, 0.15) is 16.7 Å². The lowest BCUT2D eigenvalue weighted by Crippen LogP contribution is -2.44. The van der Waals surface area contributed by atoms with E-state index < -0.39 is 0 Å². The second-order valence-corrected chi connectivity index (χ2v) is 11.4. The summed E-state index contributed by atoms with van der Waals surface area (Å²) in [5.41, 5.74) is 8.62. The van der Waals surface area contributed by atoms with Crippen molar-refractivity contribution in [1.82, 2.24) is 0 Å². The van der Waals surface area contributed by atoms with E-state index in [0.29, 0.717) is 6.61 Å². The van der Waals surface area contributed by atoms with Crippen molar-refractivity contribution in [3.8, 4) is 0 Å². The molecule has 7 rings (SSSR count). The minimum absolute atomic E-state index is 0.0261. The van der Waals surface area contributed by atoms with Gasteiger partial charge in [-0.25, -0.2) is 0 Å². The number of hydrogen-bond acceptors (Lipinski definition) is 1. The van der Waals surface area contributed by atoms with E-state index >= 15 is 0 Å². The van der Waals surface area contributed by atoms with E-state index in [1.165, 1.54) is 71.0 Å². The topological polar surface area (TPSA) is 9.23 Å². The molecule has 0 N–H and O–H groups in total. The molecule has 0 aliphatic rings. The van der Waals surface area contributed by atoms with Crippen LogP contribution >= 0.6 is 0 Å². The highest BCUT2D eigenvalue weighted by Gasteiger charge is 2.29. The smallest absolute Gasteiger partial charge is 0.242 e. The summed E-state index contributed by atoms with van der Waals surface area (Å²) in [5.74, 6) is 0. The molecule has 43 heavy (non-hydrogen) atoms. The van der Waals surface area contributed by atoms with Gasteiger partial charge in [-0.3, -0.25) is 0 Å². The van der Waals surface area contributed by atoms with E-state index in [1.807, 2.05) is 0 Å². The Morgan fingerprint density at radius 3 is 1.44 bits per heavy atom. The Hall–Kier alpha value is -4.92. The molecule has 0 amide bonds. The first-order chi connectivity index (χ1) is 21.2. The molecule has 0 atom stereocenters. The minimum atomic E-state index is -0.0261. The number of aryl methyl sites for hydroxylation is 1. The lowest BCUT2D eigenvalue weighted by molar-refractivity contribution is 0.240. The maximum atomic E-state index is 5.98. The Balaban J connectivity index is 1.58. The van der Waals surface area contributed by atoms with Crippen molar-refractivity contribution in [3.63, 3.8) is 0 Å². The third-order valence-electron chi connectivity index (χ3n) is 8.58. The Morgan fingerprint density at radius 1 is 0.488 bits per heavy atom. The van der Waals surface area contributed by atoms with Gasteiger partial charge in [0, 0.05) is 7.11 Å². The van der Waals surface area contributed by atoms with Crippen LogP contribution in [0.5, 0.6) is 0 Å². The summed E-state index contributed by atoms with van der Waals surface area (Å²) in [6.07, 6.45) is 0. The van der Waals surface area contributed by atoms with Gasteiger partial charge in [0.05, 0.1) is 6.61 Å². The van der Waals surface area contributed by atoms with Gasteiger partial charge in [-0.2, -0.15) is 0 Å². The zero-order chi connectivity index (χ0) is 29.2. The Bertz CT molecular complexity index is 2030. The van der Waals surface area contributed by atoms with Crippen LogP contribution in [-0.2, 0) is 4.74 Å². The molecule has 0 heterocycles. The van der Waals surface area contributed by atoms with Crippen LogP contribution in [0.4, 0.5) is 0 Å². The van der Waals surface area contributed by atoms with E-state index in [-0.39, 0.29) is 6.71 Å². The molecule has 0 bridgehead atoms. The number of benzene rings is 7. The van der Waals surface area contributed by atoms with Crippen LogP contribution in [0.25, 0.3) is 43.4 Å². The van der Waals surface area contributed by atoms with Crippen molar-refractivity contribution in [2.24, 2.45) is 0 Å². The van der Waals surface area contributed by atoms with Crippen LogP contribution in [-0.4, -0.2) is 20.4 Å². The van der Waals surface area contributed by atoms with Crippen LogP contribution < -0.4 is 10.9 Å². The predicted molar refractivity (Wildman–Crippen MR) is 187 cm³/mol. The fraction of sp³-hybridized carbons (Fsp3) is 0.0732. The maximum Gasteiger partial charge on any atom is 0.242 e. The average molecular weight is 553 g/mol. The number of rotatable bonds is 7. The third kappa shape index (κ3) is 5.38. The minimum Gasteiger partial charge on any atom is -0.380 e. The highest BCUT2D eigenvalue weighted by Crippen LogP contribution is 2.32. The van der Waals surface area contributed by atoms with Gasteiger partial charge in [0.25, 0.3) is 0 Å². The molecule has 0 aromatic heterocycles. The summed E-state index contributed by atoms with van der Waals surface area (Å²) in [6.45, 7) is 2.62. The van der Waals surface area contributed by atoms with E-state index in [2.05, 4.69) is 159 Å². The fourth-order valence-electron chi connectivity index (χ4n) is 6.39. The zero-order valence-corrected chi connectivity index (χ0v) is 24.6. The molecular weight excluding hydrogens is 519 g/mol. The molecule has 0 fully saturated rings. The summed E-state index contributed by atoms with van der Waals surface area (Å²) >= 11 is 0. The third-order valence-corrected chi connectivity index (χ3v) is 8.58. The van der Waals surface area contributed by atoms with Gasteiger partial charge in [0.2, 0.25) is 6.71 Å². The number of hydrogen-bond donors (Lipinski definition) is 0. The monoisotopic (exact) mass is 552 g/mol. The van der Waals surface area contributed by atoms with Crippen LogP contribution in [0.15, 0.2) is 152 Å². The van der Waals surface area contributed by atoms with E-state index in [4.69, 9.17) is 4.74 Å². The second kappa shape index (κ2) is 11.8. The Labute approximate surface area is 254 Å². The summed E-state index contributed by atoms with van der Waals surface area (Å²) in [5, 5.41) is 7.45. The molecule has 206 valence electrons. The number of fused-ring (bicyclic) bond motifs is 3. The van der Waals surface area contributed by atoms with Gasteiger partial charge >= 0.3 is 0 Å². The Morgan fingerprint density at radius 2 is 0.930 bits per heavy atom. The maximum absolute atomic E-state index is 5.98. The van der Waals surface area contributed by atoms with Gasteiger partial charge in [-0.15, -0.1) is 0 Å². The Kier molecular flexibility index (Phi) is 7.37. The summed E-state index contributed by atoms with van der Waals surface area (Å²) in [4.78, 5) is 0. The summed E-state index contributed by atoms with van der Waals surface area (Å²) in [7, 11) is 1.80. The normalized spacial score (nSPS) is 12.0. The first kappa shape index (κ1) is 27.0. The first-order valence-corrected chi connectivity index (χ1v) is 14.9. The van der Waals surface area contributed by atoms with Gasteiger partial charge in [0.15, 0.2) is 0 Å². The van der Waals surface area contributed by atoms with E-state index in [9.17, 15) is 0 Å². The molecular formula is C41H33BO. The van der Waals surface area contributed by atoms with E-state index in [0.717, 1.165) is 0 Å². The predicted octanol–water partition coefficient (Wildman–Crippen LogP) is 8.86. The van der Waals surface area contributed by atoms with Crippen molar-refractivity contribution in [3.05, 3.63) is 168 Å². The molecule has 0 saturated carbocycles. The quantitative estimate of drug-likeness (QED) is 0.142. The highest BCUT2D eigenvalue weighted by molar-refractivity contribution is 7.01. The summed E-state index contributed by atoms with van der Waals surface area (Å²) < 4.78 is 5.98. The van der Waals surface area contributed by atoms with Crippen molar-refractivity contribution in [2.75, 3.05) is 13.7 Å². The zero-order valence-electron chi connectivity index (χ0n) is 24.6. The van der Waals surface area contributed by atoms with Crippen molar-refractivity contribution in [2.45, 2.75) is 6.92 Å². The molecule has 0 saturated heterocycles. The van der Waals surface area contributed by atoms with Gasteiger partial charge in [0.1, 0.15) is 0 Å². The second-order valence-electron chi connectivity index (χ2n) is 11.4. The molecule has 0 aliphatic carbocycles. The van der Waals surface area contributed by atoms with Gasteiger partial charge in [-0.05, 0) is 62.0 Å². The number of methoxy groups -OCH3 is 1. The molecule has 1 nitrogen and oxygen atoms in total. The SMILES string of the molecule is COC/C(=C(\B(c1ccc2ccccc2c1)c1ccc2ccccc2c1)c1ccc2ccccc2c1)c1ccc(C)cc1. The number of ether oxygens (including phenoxy) is 1. The molecule has 0 spiro atoms. The molecule has 7 aromatic carbocycles. The average Bonchev–Trinajstić information content (AvgIpc) is 3.06. The van der Waals surface area contributed by atoms with Crippen molar-refractivity contribution >= 4 is 61.0 Å². The molecule has 0 unspecified atom stereocenters. The highest BCUT2D eigenvalue weighted by atomic mass is 16.5. The molecule has 2 heteroatoms. The fourth-order valence-corrected chi connectivity index (χ4v) is 6.39. The van der Waals surface area contributed by atoms with Crippen molar-refractivity contribution in [1.29, 1.82) is 0 Å². The molecule has 0 aliphatic heterocycles. The first-order valence-electron chi connectivity index (χ1n) is 14.9. The lowest BCUT2D eigenvalue weighted by atomic mass is 9.34.